The Bertz CT molecular complexity index is 490. The number of benzene rings is 1. The first kappa shape index (κ1) is 17.5. The molecular weight excluding hydrogens is 290 g/mol. The smallest absolute Gasteiger partial charge is 0.310 e. The van der Waals surface area contributed by atoms with Gasteiger partial charge in [0.05, 0.1) is 13.0 Å². The van der Waals surface area contributed by atoms with Crippen LogP contribution in [0.15, 0.2) is 24.3 Å². The minimum Gasteiger partial charge on any atom is -0.469 e. The first-order valence-corrected chi connectivity index (χ1v) is 7.46. The second-order valence-corrected chi connectivity index (χ2v) is 5.45. The highest BCUT2D eigenvalue weighted by atomic mass is 35.5. The Morgan fingerprint density at radius 2 is 2.00 bits per heavy atom. The van der Waals surface area contributed by atoms with E-state index in [2.05, 4.69) is 0 Å². The second kappa shape index (κ2) is 8.67. The first-order valence-electron chi connectivity index (χ1n) is 7.08. The number of hydrogen-bond acceptors (Lipinski definition) is 3. The highest BCUT2D eigenvalue weighted by Crippen LogP contribution is 2.18. The maximum absolute atomic E-state index is 12.2. The van der Waals surface area contributed by atoms with Crippen LogP contribution in [0.5, 0.6) is 0 Å². The van der Waals surface area contributed by atoms with Crippen molar-refractivity contribution < 1.29 is 14.3 Å². The maximum Gasteiger partial charge on any atom is 0.310 e. The molecule has 1 atom stereocenters. The molecule has 116 valence electrons. The quantitative estimate of drug-likeness (QED) is 0.726. The lowest BCUT2D eigenvalue weighted by Crippen LogP contribution is -2.36. The molecule has 1 aromatic carbocycles. The van der Waals surface area contributed by atoms with Gasteiger partial charge in [0.25, 0.3) is 0 Å². The van der Waals surface area contributed by atoms with Crippen LogP contribution in [0.3, 0.4) is 0 Å². The van der Waals surface area contributed by atoms with Crippen LogP contribution in [0.2, 0.25) is 5.02 Å². The number of nitrogens with zero attached hydrogens (tertiary/aromatic N) is 1. The van der Waals surface area contributed by atoms with Crippen LogP contribution in [0.4, 0.5) is 0 Å². The zero-order chi connectivity index (χ0) is 15.8. The summed E-state index contributed by atoms with van der Waals surface area (Å²) in [6, 6.07) is 7.41. The zero-order valence-electron chi connectivity index (χ0n) is 12.8. The van der Waals surface area contributed by atoms with Crippen molar-refractivity contribution in [2.45, 2.75) is 33.2 Å². The lowest BCUT2D eigenvalue weighted by atomic mass is 10.1. The molecule has 0 aliphatic carbocycles. The third-order valence-electron chi connectivity index (χ3n) is 3.23. The summed E-state index contributed by atoms with van der Waals surface area (Å²) in [5.74, 6) is -0.657. The number of carbonyl (C=O) groups is 2. The van der Waals surface area contributed by atoms with E-state index in [9.17, 15) is 9.59 Å². The van der Waals surface area contributed by atoms with Crippen molar-refractivity contribution in [3.05, 3.63) is 34.9 Å². The minimum atomic E-state index is -0.363. The van der Waals surface area contributed by atoms with Gasteiger partial charge in [-0.3, -0.25) is 9.59 Å². The summed E-state index contributed by atoms with van der Waals surface area (Å²) in [6.07, 6.45) is 1.23. The van der Waals surface area contributed by atoms with Crippen molar-refractivity contribution in [2.75, 3.05) is 13.7 Å². The summed E-state index contributed by atoms with van der Waals surface area (Å²) >= 11 is 6.15. The summed E-state index contributed by atoms with van der Waals surface area (Å²) in [5, 5.41) is 0.623. The standard InChI is InChI=1S/C16H22ClNO3/c1-4-7-15(19)18(10-12(2)16(20)21-3)11-13-8-5-6-9-14(13)17/h5-6,8-9,12H,4,7,10-11H2,1-3H3. The van der Waals surface area contributed by atoms with Gasteiger partial charge in [-0.2, -0.15) is 0 Å². The van der Waals surface area contributed by atoms with Crippen molar-refractivity contribution in [3.8, 4) is 0 Å². The molecule has 0 spiro atoms. The molecule has 1 amide bonds. The lowest BCUT2D eigenvalue weighted by Gasteiger charge is -2.25. The fourth-order valence-corrected chi connectivity index (χ4v) is 2.26. The molecule has 0 N–H and O–H groups in total. The number of hydrogen-bond donors (Lipinski definition) is 0. The van der Waals surface area contributed by atoms with Crippen molar-refractivity contribution in [2.24, 2.45) is 5.92 Å². The van der Waals surface area contributed by atoms with Gasteiger partial charge in [-0.1, -0.05) is 43.6 Å². The average Bonchev–Trinajstić information content (AvgIpc) is 2.47. The Kier molecular flexibility index (Phi) is 7.23. The van der Waals surface area contributed by atoms with Crippen LogP contribution < -0.4 is 0 Å². The van der Waals surface area contributed by atoms with E-state index in [1.807, 2.05) is 25.1 Å². The molecule has 0 aromatic heterocycles. The van der Waals surface area contributed by atoms with E-state index in [4.69, 9.17) is 16.3 Å². The van der Waals surface area contributed by atoms with Gasteiger partial charge in [0.2, 0.25) is 5.91 Å². The van der Waals surface area contributed by atoms with E-state index in [1.165, 1.54) is 7.11 Å². The molecule has 0 saturated heterocycles. The molecule has 5 heteroatoms. The van der Waals surface area contributed by atoms with Crippen molar-refractivity contribution in [3.63, 3.8) is 0 Å². The van der Waals surface area contributed by atoms with Gasteiger partial charge in [-0.15, -0.1) is 0 Å². The Morgan fingerprint density at radius 3 is 2.57 bits per heavy atom. The molecule has 1 aromatic rings. The fourth-order valence-electron chi connectivity index (χ4n) is 2.07. The van der Waals surface area contributed by atoms with E-state index in [1.54, 1.807) is 17.9 Å². The molecule has 0 saturated carbocycles. The highest BCUT2D eigenvalue weighted by molar-refractivity contribution is 6.31. The largest absolute Gasteiger partial charge is 0.469 e. The second-order valence-electron chi connectivity index (χ2n) is 5.04. The Balaban J connectivity index is 2.85. The molecule has 1 unspecified atom stereocenters. The average molecular weight is 312 g/mol. The predicted molar refractivity (Wildman–Crippen MR) is 83.0 cm³/mol. The van der Waals surface area contributed by atoms with Gasteiger partial charge >= 0.3 is 5.97 Å². The minimum absolute atomic E-state index is 0.0215. The topological polar surface area (TPSA) is 46.6 Å². The lowest BCUT2D eigenvalue weighted by molar-refractivity contribution is -0.146. The highest BCUT2D eigenvalue weighted by Gasteiger charge is 2.21. The molecule has 0 bridgehead atoms. The summed E-state index contributed by atoms with van der Waals surface area (Å²) < 4.78 is 4.72. The summed E-state index contributed by atoms with van der Waals surface area (Å²) in [5.41, 5.74) is 0.876. The number of halogens is 1. The van der Waals surface area contributed by atoms with Gasteiger partial charge in [0.15, 0.2) is 0 Å². The SMILES string of the molecule is CCCC(=O)N(Cc1ccccc1Cl)CC(C)C(=O)OC. The van der Waals surface area contributed by atoms with Crippen molar-refractivity contribution in [1.29, 1.82) is 0 Å². The van der Waals surface area contributed by atoms with Gasteiger partial charge in [-0.05, 0) is 18.1 Å². The maximum atomic E-state index is 12.2. The molecule has 0 fully saturated rings. The van der Waals surface area contributed by atoms with Gasteiger partial charge in [0, 0.05) is 24.5 Å². The zero-order valence-corrected chi connectivity index (χ0v) is 13.5. The van der Waals surface area contributed by atoms with Crippen LogP contribution in [0.1, 0.15) is 32.3 Å². The van der Waals surface area contributed by atoms with Crippen molar-refractivity contribution >= 4 is 23.5 Å². The number of rotatable bonds is 7. The normalized spacial score (nSPS) is 11.8. The van der Waals surface area contributed by atoms with Crippen LogP contribution in [-0.2, 0) is 20.9 Å². The molecule has 21 heavy (non-hydrogen) atoms. The van der Waals surface area contributed by atoms with Crippen LogP contribution in [0.25, 0.3) is 0 Å². The number of carbonyl (C=O) groups excluding carboxylic acids is 2. The van der Waals surface area contributed by atoms with Crippen molar-refractivity contribution in [1.82, 2.24) is 4.90 Å². The van der Waals surface area contributed by atoms with Crippen LogP contribution >= 0.6 is 11.6 Å². The van der Waals surface area contributed by atoms with Gasteiger partial charge < -0.3 is 9.64 Å². The predicted octanol–water partition coefficient (Wildman–Crippen LogP) is 3.28. The Morgan fingerprint density at radius 1 is 1.33 bits per heavy atom. The number of ether oxygens (including phenoxy) is 1. The fraction of sp³-hybridized carbons (Fsp3) is 0.500. The molecule has 0 radical (unpaired) electrons. The van der Waals surface area contributed by atoms with Gasteiger partial charge in [-0.25, -0.2) is 0 Å². The third-order valence-corrected chi connectivity index (χ3v) is 3.60. The Hall–Kier alpha value is -1.55. The number of methoxy groups -OCH3 is 1. The molecular formula is C16H22ClNO3. The van der Waals surface area contributed by atoms with Crippen LogP contribution in [0, 0.1) is 5.92 Å². The summed E-state index contributed by atoms with van der Waals surface area (Å²) in [4.78, 5) is 25.5. The van der Waals surface area contributed by atoms with E-state index >= 15 is 0 Å². The van der Waals surface area contributed by atoms with Gasteiger partial charge in [0.1, 0.15) is 0 Å². The molecule has 4 nitrogen and oxygen atoms in total. The summed E-state index contributed by atoms with van der Waals surface area (Å²) in [7, 11) is 1.35. The molecule has 0 heterocycles. The van der Waals surface area contributed by atoms with Crippen LogP contribution in [-0.4, -0.2) is 30.4 Å². The Labute approximate surface area is 131 Å². The monoisotopic (exact) mass is 311 g/mol. The van der Waals surface area contributed by atoms with E-state index in [0.29, 0.717) is 24.5 Å². The van der Waals surface area contributed by atoms with E-state index in [-0.39, 0.29) is 17.8 Å². The molecule has 0 aliphatic rings. The first-order chi connectivity index (χ1) is 9.99. The summed E-state index contributed by atoms with van der Waals surface area (Å²) in [6.45, 7) is 4.44. The van der Waals surface area contributed by atoms with E-state index in [0.717, 1.165) is 12.0 Å². The van der Waals surface area contributed by atoms with E-state index < -0.39 is 0 Å². The molecule has 1 rings (SSSR count). The number of esters is 1. The molecule has 0 aliphatic heterocycles. The number of amides is 1. The third kappa shape index (κ3) is 5.38.